The van der Waals surface area contributed by atoms with Gasteiger partial charge in [0.05, 0.1) is 44.8 Å². The van der Waals surface area contributed by atoms with Gasteiger partial charge in [-0.3, -0.25) is 24.5 Å². The Bertz CT molecular complexity index is 2950. The number of β-amino-alcohol motifs (C(OH)–C–C–N with tert-alkyl or cyclic N) is 1. The molecule has 0 aromatic heterocycles. The van der Waals surface area contributed by atoms with Crippen molar-refractivity contribution in [2.75, 3.05) is 81.4 Å². The highest BCUT2D eigenvalue weighted by Gasteiger charge is 2.28. The summed E-state index contributed by atoms with van der Waals surface area (Å²) < 4.78 is 4.35. The largest absolute Gasteiger partial charge is 0.391 e. The van der Waals surface area contributed by atoms with Crippen molar-refractivity contribution < 1.29 is 24.4 Å². The van der Waals surface area contributed by atoms with Gasteiger partial charge in [-0.25, -0.2) is 0 Å². The van der Waals surface area contributed by atoms with Gasteiger partial charge >= 0.3 is 0 Å². The van der Waals surface area contributed by atoms with Crippen molar-refractivity contribution in [3.8, 4) is 0 Å². The summed E-state index contributed by atoms with van der Waals surface area (Å²) in [6, 6.07) is 33.6. The van der Waals surface area contributed by atoms with E-state index < -0.39 is 11.0 Å². The average molecular weight is 1480 g/mol. The number of aryl methyl sites for hydroxylation is 3. The van der Waals surface area contributed by atoms with Crippen LogP contribution < -0.4 is 26.6 Å². The van der Waals surface area contributed by atoms with Crippen molar-refractivity contribution in [1.29, 1.82) is 0 Å². The number of carbonyl (C=O) groups is 3. The number of anilines is 6. The molecule has 3 amide bonds. The number of amides is 3. The summed E-state index contributed by atoms with van der Waals surface area (Å²) in [5.74, 6) is -0.489. The van der Waals surface area contributed by atoms with Gasteiger partial charge in [-0.05, 0) is 248 Å². The molecule has 6 aromatic carbocycles. The second-order valence-corrected chi connectivity index (χ2v) is 24.0. The maximum atomic E-state index is 12.9. The number of non-ortho nitro benzene ring substituents is 1. The first-order chi connectivity index (χ1) is 37.3. The lowest BCUT2D eigenvalue weighted by Gasteiger charge is -2.19. The molecule has 0 saturated carbocycles. The summed E-state index contributed by atoms with van der Waals surface area (Å²) in [5.41, 5.74) is 9.46. The van der Waals surface area contributed by atoms with Crippen LogP contribution in [-0.4, -0.2) is 114 Å². The molecule has 0 bridgehead atoms. The average Bonchev–Trinajstić information content (AvgIpc) is 4.13. The highest BCUT2D eigenvalue weighted by molar-refractivity contribution is 14.1. The predicted octanol–water partition coefficient (Wildman–Crippen LogP) is 13.5. The number of aliphatic hydroxyl groups is 1. The van der Waals surface area contributed by atoms with Crippen LogP contribution in [-0.2, 0) is 0 Å². The molecule has 2 aliphatic rings. The van der Waals surface area contributed by atoms with Crippen LogP contribution in [0, 0.1) is 41.6 Å². The minimum atomic E-state index is -0.549. The highest BCUT2D eigenvalue weighted by atomic mass is 127. The quantitative estimate of drug-likeness (QED) is 0.0273. The van der Waals surface area contributed by atoms with Crippen LogP contribution >= 0.6 is 95.3 Å². The smallest absolute Gasteiger partial charge is 0.270 e. The second kappa shape index (κ2) is 30.8. The standard InChI is InChI=1S/C20H25BrIN3O.C20H23ClIN3O.C18H18IN3O4/c1-4-25(5-2)11-10-23-20(26)17-13-15(21)6-8-19(17)24-18-9-7-16(22)12-14(18)3;1-14-12-16(22)5-7-18(14)24-19-6-4-15(21)13-17(19)20(26)23-8-11-25-9-2-3-10-25;1-11-8-12(19)2-4-16(11)20-17-5-3-13(22(25)26)9-15(17)18(24)21-7-6-14(23)10-21/h6-9,12-13,24H,4-5,10-11H2,1-3H3,(H,23,26);4-7,12-13,24H,2-3,8-11H2,1H3,(H,23,26);2-5,8-9,14,20,23H,6-7,10H2,1H3. The van der Waals surface area contributed by atoms with E-state index in [0.29, 0.717) is 47.9 Å². The molecule has 0 spiro atoms. The van der Waals surface area contributed by atoms with Crippen molar-refractivity contribution in [1.82, 2.24) is 25.3 Å². The molecule has 2 heterocycles. The summed E-state index contributed by atoms with van der Waals surface area (Å²) in [4.78, 5) is 55.1. The lowest BCUT2D eigenvalue weighted by atomic mass is 10.1. The Labute approximate surface area is 512 Å². The van der Waals surface area contributed by atoms with Gasteiger partial charge in [0.1, 0.15) is 0 Å². The third kappa shape index (κ3) is 18.7. The number of rotatable bonds is 18. The zero-order valence-corrected chi connectivity index (χ0v) is 53.1. The predicted molar refractivity (Wildman–Crippen MR) is 345 cm³/mol. The molecule has 78 heavy (non-hydrogen) atoms. The fourth-order valence-corrected chi connectivity index (χ4v) is 11.3. The Morgan fingerprint density at radius 2 is 1.14 bits per heavy atom. The van der Waals surface area contributed by atoms with E-state index in [1.807, 2.05) is 67.6 Å². The number of nitro groups is 1. The Kier molecular flexibility index (Phi) is 24.7. The fraction of sp³-hybridized carbons (Fsp3) is 0.328. The van der Waals surface area contributed by atoms with Crippen molar-refractivity contribution in [2.45, 2.75) is 60.0 Å². The Morgan fingerprint density at radius 1 is 0.667 bits per heavy atom. The number of nitrogens with one attached hydrogen (secondary N) is 5. The van der Waals surface area contributed by atoms with Crippen LogP contribution in [0.2, 0.25) is 5.02 Å². The SMILES string of the molecule is CCN(CC)CCNC(=O)c1cc(Br)ccc1Nc1ccc(I)cc1C.Cc1cc(I)ccc1Nc1ccc(Cl)cc1C(=O)NCCN1CCCC1.Cc1cc(I)ccc1Nc1ccc([N+](=O)[O-])cc1C(=O)N1CCC(O)C1. The number of likely N-dealkylation sites (N-methyl/N-ethyl adjacent to an activating group) is 1. The number of nitrogens with zero attached hydrogens (tertiary/aromatic N) is 4. The zero-order chi connectivity index (χ0) is 56.5. The molecular weight excluding hydrogens is 1410 g/mol. The van der Waals surface area contributed by atoms with Crippen molar-refractivity contribution >= 4 is 153 Å². The molecule has 0 radical (unpaired) electrons. The molecule has 2 aliphatic heterocycles. The number of hydrogen-bond donors (Lipinski definition) is 6. The third-order valence-corrected chi connectivity index (χ3v) is 16.0. The van der Waals surface area contributed by atoms with Crippen LogP contribution in [0.5, 0.6) is 0 Å². The molecule has 2 saturated heterocycles. The molecule has 6 N–H and O–H groups in total. The molecule has 6 aromatic rings. The maximum absolute atomic E-state index is 12.9. The minimum absolute atomic E-state index is 0.0656. The molecule has 1 atom stereocenters. The maximum Gasteiger partial charge on any atom is 0.270 e. The van der Waals surface area contributed by atoms with Gasteiger partial charge in [-0.1, -0.05) is 41.4 Å². The van der Waals surface area contributed by atoms with E-state index in [1.165, 1.54) is 37.0 Å². The van der Waals surface area contributed by atoms with Gasteiger partial charge in [0.25, 0.3) is 23.4 Å². The molecule has 15 nitrogen and oxygen atoms in total. The van der Waals surface area contributed by atoms with E-state index in [4.69, 9.17) is 11.6 Å². The van der Waals surface area contributed by atoms with E-state index in [-0.39, 0.29) is 35.5 Å². The van der Waals surface area contributed by atoms with Crippen LogP contribution in [0.15, 0.2) is 114 Å². The van der Waals surface area contributed by atoms with Crippen LogP contribution in [0.4, 0.5) is 39.8 Å². The number of hydrogen-bond acceptors (Lipinski definition) is 11. The summed E-state index contributed by atoms with van der Waals surface area (Å²) >= 11 is 16.4. The summed E-state index contributed by atoms with van der Waals surface area (Å²) in [6.07, 6.45) is 2.48. The lowest BCUT2D eigenvalue weighted by molar-refractivity contribution is -0.384. The van der Waals surface area contributed by atoms with E-state index in [2.05, 4.69) is 166 Å². The topological polar surface area (TPSA) is 184 Å². The number of nitro benzene ring substituents is 1. The minimum Gasteiger partial charge on any atom is -0.391 e. The number of benzene rings is 6. The Balaban J connectivity index is 0.000000189. The number of likely N-dealkylation sites (tertiary alicyclic amines) is 2. The highest BCUT2D eigenvalue weighted by Crippen LogP contribution is 2.32. The Hall–Kier alpha value is -4.63. The van der Waals surface area contributed by atoms with Crippen molar-refractivity contribution in [3.05, 3.63) is 173 Å². The van der Waals surface area contributed by atoms with Crippen LogP contribution in [0.25, 0.3) is 0 Å². The first kappa shape index (κ1) is 62.6. The molecule has 0 aliphatic carbocycles. The fourth-order valence-electron chi connectivity index (χ4n) is 8.78. The van der Waals surface area contributed by atoms with Crippen molar-refractivity contribution in [3.63, 3.8) is 0 Å². The van der Waals surface area contributed by atoms with Gasteiger partial charge in [0.2, 0.25) is 0 Å². The second-order valence-electron chi connectivity index (χ2n) is 18.9. The first-order valence-electron chi connectivity index (χ1n) is 25.8. The molecule has 2 fully saturated rings. The van der Waals surface area contributed by atoms with Crippen molar-refractivity contribution in [2.24, 2.45) is 0 Å². The zero-order valence-electron chi connectivity index (χ0n) is 44.3. The third-order valence-electron chi connectivity index (χ3n) is 13.2. The first-order valence-corrected chi connectivity index (χ1v) is 30.2. The number of halogens is 5. The molecular formula is C58H66BrClI3N9O6. The molecule has 414 valence electrons. The summed E-state index contributed by atoms with van der Waals surface area (Å²) in [7, 11) is 0. The summed E-state index contributed by atoms with van der Waals surface area (Å²) in [6.45, 7) is 18.3. The molecule has 1 unspecified atom stereocenters. The van der Waals surface area contributed by atoms with E-state index in [0.717, 1.165) is 92.4 Å². The van der Waals surface area contributed by atoms with E-state index in [9.17, 15) is 29.6 Å². The molecule has 20 heteroatoms. The summed E-state index contributed by atoms with van der Waals surface area (Å²) in [5, 5.41) is 37.4. The van der Waals surface area contributed by atoms with Gasteiger partial charge in [0.15, 0.2) is 0 Å². The normalized spacial score (nSPS) is 13.9. The lowest BCUT2D eigenvalue weighted by Crippen LogP contribution is -2.35. The van der Waals surface area contributed by atoms with Gasteiger partial charge in [0, 0.05) is 88.7 Å². The van der Waals surface area contributed by atoms with Gasteiger partial charge in [-0.15, -0.1) is 0 Å². The Morgan fingerprint density at radius 3 is 1.63 bits per heavy atom. The monoisotopic (exact) mass is 1480 g/mol. The van der Waals surface area contributed by atoms with Crippen LogP contribution in [0.3, 0.4) is 0 Å². The van der Waals surface area contributed by atoms with E-state index >= 15 is 0 Å². The van der Waals surface area contributed by atoms with Gasteiger partial charge in [-0.2, -0.15) is 0 Å². The molecule has 8 rings (SSSR count). The van der Waals surface area contributed by atoms with Crippen LogP contribution in [0.1, 0.15) is 80.9 Å². The number of carbonyl (C=O) groups excluding carboxylic acids is 3. The van der Waals surface area contributed by atoms with E-state index in [1.54, 1.807) is 18.2 Å². The van der Waals surface area contributed by atoms with Gasteiger partial charge < -0.3 is 46.4 Å². The number of aliphatic hydroxyl groups excluding tert-OH is 1.